The molecular weight excluding hydrogens is 440 g/mol. The van der Waals surface area contributed by atoms with Gasteiger partial charge in [-0.2, -0.15) is 5.10 Å². The van der Waals surface area contributed by atoms with E-state index in [9.17, 15) is 14.4 Å². The number of carbonyl (C=O) groups is 3. The van der Waals surface area contributed by atoms with Crippen LogP contribution in [0.25, 0.3) is 0 Å². The summed E-state index contributed by atoms with van der Waals surface area (Å²) in [6, 6.07) is 0. The first-order valence-corrected chi connectivity index (χ1v) is 11.7. The van der Waals surface area contributed by atoms with Crippen molar-refractivity contribution in [3.63, 3.8) is 0 Å². The van der Waals surface area contributed by atoms with Crippen molar-refractivity contribution < 1.29 is 29.0 Å². The molecule has 0 atom stereocenters. The zero-order valence-electron chi connectivity index (χ0n) is 22.0. The second kappa shape index (κ2) is 12.7. The quantitative estimate of drug-likeness (QED) is 0.436. The number of amides is 1. The van der Waals surface area contributed by atoms with Crippen LogP contribution >= 0.6 is 0 Å². The lowest BCUT2D eigenvalue weighted by Gasteiger charge is -2.24. The number of carboxylic acids is 1. The molecule has 10 nitrogen and oxygen atoms in total. The summed E-state index contributed by atoms with van der Waals surface area (Å²) in [7, 11) is 0. The number of aliphatic carboxylic acids is 1. The highest BCUT2D eigenvalue weighted by Gasteiger charge is 2.21. The fourth-order valence-electron chi connectivity index (χ4n) is 3.39. The van der Waals surface area contributed by atoms with E-state index in [1.165, 1.54) is 0 Å². The van der Waals surface area contributed by atoms with E-state index in [1.54, 1.807) is 20.8 Å². The third-order valence-corrected chi connectivity index (χ3v) is 4.86. The number of alkyl carbamates (subject to hydrolysis) is 1. The zero-order chi connectivity index (χ0) is 26.1. The molecule has 194 valence electrons. The first-order valence-electron chi connectivity index (χ1n) is 11.7. The van der Waals surface area contributed by atoms with Crippen LogP contribution in [0.15, 0.2) is 0 Å². The summed E-state index contributed by atoms with van der Waals surface area (Å²) in [5.74, 6) is -1.13. The standard InChI is InChI=1S/C24H42N4O6/c1-17-19(16-21(31)33-23(3,4)5)18(2)28(26-17)15-14-27(12-9-10-20(29)30)13-11-25-22(32)34-24(6,7)8/h9-16H2,1-8H3,(H,25,32)(H,29,30). The van der Waals surface area contributed by atoms with Gasteiger partial charge in [-0.05, 0) is 68.4 Å². The maximum atomic E-state index is 12.3. The number of nitrogens with one attached hydrogen (secondary N) is 1. The number of aromatic nitrogens is 2. The van der Waals surface area contributed by atoms with Crippen molar-refractivity contribution in [3.8, 4) is 0 Å². The maximum absolute atomic E-state index is 12.3. The van der Waals surface area contributed by atoms with Gasteiger partial charge in [0.2, 0.25) is 0 Å². The number of carboxylic acid groups (broad SMARTS) is 1. The molecule has 1 heterocycles. The molecule has 0 aromatic carbocycles. The Balaban J connectivity index is 2.74. The van der Waals surface area contributed by atoms with Gasteiger partial charge in [0.05, 0.1) is 18.7 Å². The fourth-order valence-corrected chi connectivity index (χ4v) is 3.39. The predicted octanol–water partition coefficient (Wildman–Crippen LogP) is 3.08. The molecule has 1 aromatic rings. The lowest BCUT2D eigenvalue weighted by molar-refractivity contribution is -0.154. The van der Waals surface area contributed by atoms with E-state index in [4.69, 9.17) is 14.6 Å². The minimum Gasteiger partial charge on any atom is -0.481 e. The van der Waals surface area contributed by atoms with Gasteiger partial charge in [0.1, 0.15) is 11.2 Å². The van der Waals surface area contributed by atoms with E-state index in [0.29, 0.717) is 39.1 Å². The number of esters is 1. The lowest BCUT2D eigenvalue weighted by atomic mass is 10.1. The smallest absolute Gasteiger partial charge is 0.407 e. The van der Waals surface area contributed by atoms with Crippen molar-refractivity contribution in [2.75, 3.05) is 26.2 Å². The average molecular weight is 483 g/mol. The van der Waals surface area contributed by atoms with Crippen LogP contribution in [0, 0.1) is 13.8 Å². The zero-order valence-corrected chi connectivity index (χ0v) is 22.0. The van der Waals surface area contributed by atoms with E-state index in [-0.39, 0.29) is 18.8 Å². The fraction of sp³-hybridized carbons (Fsp3) is 0.750. The van der Waals surface area contributed by atoms with Crippen molar-refractivity contribution in [1.82, 2.24) is 20.0 Å². The monoisotopic (exact) mass is 482 g/mol. The van der Waals surface area contributed by atoms with Crippen LogP contribution in [0.5, 0.6) is 0 Å². The number of nitrogens with zero attached hydrogens (tertiary/aromatic N) is 3. The Bertz CT molecular complexity index is 836. The highest BCUT2D eigenvalue weighted by Crippen LogP contribution is 2.17. The Labute approximate surface area is 203 Å². The van der Waals surface area contributed by atoms with Crippen LogP contribution in [-0.4, -0.2) is 75.2 Å². The molecule has 0 aliphatic carbocycles. The molecule has 0 aliphatic heterocycles. The number of hydrogen-bond acceptors (Lipinski definition) is 7. The Hall–Kier alpha value is -2.62. The van der Waals surface area contributed by atoms with E-state index in [1.807, 2.05) is 39.3 Å². The van der Waals surface area contributed by atoms with Crippen molar-refractivity contribution in [1.29, 1.82) is 0 Å². The van der Waals surface area contributed by atoms with Crippen molar-refractivity contribution >= 4 is 18.0 Å². The number of rotatable bonds is 12. The van der Waals surface area contributed by atoms with Crippen LogP contribution in [0.2, 0.25) is 0 Å². The number of carbonyl (C=O) groups excluding carboxylic acids is 2. The molecule has 34 heavy (non-hydrogen) atoms. The summed E-state index contributed by atoms with van der Waals surface area (Å²) >= 11 is 0. The Kier molecular flexibility index (Phi) is 11.0. The van der Waals surface area contributed by atoms with Gasteiger partial charge in [0.25, 0.3) is 0 Å². The Morgan fingerprint density at radius 3 is 2.18 bits per heavy atom. The van der Waals surface area contributed by atoms with Crippen molar-refractivity contribution in [3.05, 3.63) is 17.0 Å². The van der Waals surface area contributed by atoms with E-state index in [2.05, 4.69) is 15.3 Å². The largest absolute Gasteiger partial charge is 0.481 e. The summed E-state index contributed by atoms with van der Waals surface area (Å²) in [6.45, 7) is 17.4. The number of hydrogen-bond donors (Lipinski definition) is 2. The van der Waals surface area contributed by atoms with E-state index in [0.717, 1.165) is 17.0 Å². The molecule has 1 rings (SSSR count). The third kappa shape index (κ3) is 12.0. The molecule has 10 heteroatoms. The van der Waals surface area contributed by atoms with Gasteiger partial charge in [-0.3, -0.25) is 19.2 Å². The number of aryl methyl sites for hydroxylation is 1. The van der Waals surface area contributed by atoms with Gasteiger partial charge < -0.3 is 19.9 Å². The van der Waals surface area contributed by atoms with Crippen molar-refractivity contribution in [2.45, 2.75) is 92.4 Å². The molecule has 1 aromatic heterocycles. The van der Waals surface area contributed by atoms with Gasteiger partial charge in [-0.15, -0.1) is 0 Å². The summed E-state index contributed by atoms with van der Waals surface area (Å²) in [5, 5.41) is 16.3. The summed E-state index contributed by atoms with van der Waals surface area (Å²) in [4.78, 5) is 37.2. The molecule has 0 saturated carbocycles. The van der Waals surface area contributed by atoms with Crippen LogP contribution in [0.4, 0.5) is 4.79 Å². The van der Waals surface area contributed by atoms with Gasteiger partial charge in [0, 0.05) is 37.3 Å². The first-order chi connectivity index (χ1) is 15.6. The molecule has 0 bridgehead atoms. The van der Waals surface area contributed by atoms with Crippen LogP contribution in [-0.2, 0) is 32.0 Å². The maximum Gasteiger partial charge on any atom is 0.407 e. The van der Waals surface area contributed by atoms with Crippen LogP contribution in [0.1, 0.15) is 71.3 Å². The van der Waals surface area contributed by atoms with Crippen molar-refractivity contribution in [2.24, 2.45) is 0 Å². The summed E-state index contributed by atoms with van der Waals surface area (Å²) < 4.78 is 12.6. The van der Waals surface area contributed by atoms with E-state index >= 15 is 0 Å². The molecule has 0 saturated heterocycles. The number of ether oxygens (including phenoxy) is 2. The average Bonchev–Trinajstić information content (AvgIpc) is 2.90. The first kappa shape index (κ1) is 29.4. The van der Waals surface area contributed by atoms with Gasteiger partial charge in [0.15, 0.2) is 0 Å². The molecule has 2 N–H and O–H groups in total. The SMILES string of the molecule is Cc1nn(CCN(CCCC(=O)O)CCNC(=O)OC(C)(C)C)c(C)c1CC(=O)OC(C)(C)C. The van der Waals surface area contributed by atoms with Crippen LogP contribution in [0.3, 0.4) is 0 Å². The summed E-state index contributed by atoms with van der Waals surface area (Å²) in [5.41, 5.74) is 1.43. The Morgan fingerprint density at radius 2 is 1.62 bits per heavy atom. The Morgan fingerprint density at radius 1 is 1.00 bits per heavy atom. The normalized spacial score (nSPS) is 12.0. The molecule has 0 fully saturated rings. The minimum absolute atomic E-state index is 0.0793. The van der Waals surface area contributed by atoms with Gasteiger partial charge in [-0.1, -0.05) is 0 Å². The highest BCUT2D eigenvalue weighted by molar-refractivity contribution is 5.73. The van der Waals surface area contributed by atoms with Gasteiger partial charge in [-0.25, -0.2) is 4.79 Å². The molecule has 1 amide bonds. The molecule has 0 radical (unpaired) electrons. The second-order valence-corrected chi connectivity index (χ2v) is 10.4. The minimum atomic E-state index is -0.836. The second-order valence-electron chi connectivity index (χ2n) is 10.4. The topological polar surface area (TPSA) is 123 Å². The van der Waals surface area contributed by atoms with E-state index < -0.39 is 23.3 Å². The molecule has 0 unspecified atom stereocenters. The van der Waals surface area contributed by atoms with Gasteiger partial charge >= 0.3 is 18.0 Å². The molecule has 0 aliphatic rings. The van der Waals surface area contributed by atoms with Crippen LogP contribution < -0.4 is 5.32 Å². The lowest BCUT2D eigenvalue weighted by Crippen LogP contribution is -2.39. The molecular formula is C24H42N4O6. The summed E-state index contributed by atoms with van der Waals surface area (Å²) in [6.07, 6.45) is 0.263. The third-order valence-electron chi connectivity index (χ3n) is 4.86. The predicted molar refractivity (Wildman–Crippen MR) is 129 cm³/mol. The molecule has 0 spiro atoms. The highest BCUT2D eigenvalue weighted by atomic mass is 16.6.